The van der Waals surface area contributed by atoms with Crippen LogP contribution in [0.15, 0.2) is 30.3 Å². The van der Waals surface area contributed by atoms with Crippen LogP contribution in [0.2, 0.25) is 0 Å². The molecule has 0 aliphatic carbocycles. The Bertz CT molecular complexity index is 339. The van der Waals surface area contributed by atoms with Gasteiger partial charge in [-0.15, -0.1) is 11.6 Å². The smallest absolute Gasteiger partial charge is 0.220 e. The highest BCUT2D eigenvalue weighted by Gasteiger charge is 2.11. The number of hydrogen-bond acceptors (Lipinski definition) is 1. The van der Waals surface area contributed by atoms with Crippen molar-refractivity contribution >= 4 is 17.5 Å². The lowest BCUT2D eigenvalue weighted by atomic mass is 10.0. The highest BCUT2D eigenvalue weighted by atomic mass is 35.5. The van der Waals surface area contributed by atoms with Gasteiger partial charge in [-0.2, -0.15) is 0 Å². The Morgan fingerprint density at radius 2 is 2.00 bits per heavy atom. The molecule has 0 fully saturated rings. The van der Waals surface area contributed by atoms with Gasteiger partial charge in [0.15, 0.2) is 0 Å². The number of carbonyl (C=O) groups excluding carboxylic acids is 1. The molecule has 0 spiro atoms. The van der Waals surface area contributed by atoms with Crippen molar-refractivity contribution in [3.8, 4) is 0 Å². The molecule has 2 unspecified atom stereocenters. The quantitative estimate of drug-likeness (QED) is 0.773. The molecule has 1 aromatic rings. The zero-order chi connectivity index (χ0) is 12.7. The summed E-state index contributed by atoms with van der Waals surface area (Å²) in [6, 6.07) is 9.79. The number of halogens is 1. The Morgan fingerprint density at radius 3 is 2.59 bits per heavy atom. The monoisotopic (exact) mass is 253 g/mol. The number of rotatable bonds is 6. The van der Waals surface area contributed by atoms with Crippen LogP contribution in [-0.4, -0.2) is 12.5 Å². The Labute approximate surface area is 108 Å². The molecule has 1 rings (SSSR count). The van der Waals surface area contributed by atoms with E-state index in [1.165, 1.54) is 0 Å². The van der Waals surface area contributed by atoms with E-state index in [2.05, 4.69) is 19.2 Å². The summed E-state index contributed by atoms with van der Waals surface area (Å²) in [7, 11) is 0. The van der Waals surface area contributed by atoms with E-state index in [0.717, 1.165) is 12.0 Å². The van der Waals surface area contributed by atoms with Crippen LogP contribution in [0.5, 0.6) is 0 Å². The lowest BCUT2D eigenvalue weighted by Crippen LogP contribution is -2.28. The summed E-state index contributed by atoms with van der Waals surface area (Å²) >= 11 is 6.21. The van der Waals surface area contributed by atoms with Gasteiger partial charge in [-0.25, -0.2) is 0 Å². The summed E-state index contributed by atoms with van der Waals surface area (Å²) in [6.07, 6.45) is 1.60. The molecule has 0 heterocycles. The lowest BCUT2D eigenvalue weighted by Gasteiger charge is -2.13. The van der Waals surface area contributed by atoms with Crippen molar-refractivity contribution in [2.45, 2.75) is 32.1 Å². The molecular weight excluding hydrogens is 234 g/mol. The van der Waals surface area contributed by atoms with Gasteiger partial charge in [0.1, 0.15) is 0 Å². The largest absolute Gasteiger partial charge is 0.354 e. The lowest BCUT2D eigenvalue weighted by molar-refractivity contribution is -0.121. The second-order valence-electron chi connectivity index (χ2n) is 4.40. The van der Waals surface area contributed by atoms with Crippen molar-refractivity contribution in [2.24, 2.45) is 5.92 Å². The van der Waals surface area contributed by atoms with Crippen molar-refractivity contribution in [2.75, 3.05) is 6.54 Å². The number of amides is 1. The third kappa shape index (κ3) is 5.22. The maximum absolute atomic E-state index is 11.6. The molecule has 0 bridgehead atoms. The number of carbonyl (C=O) groups is 1. The Hall–Kier alpha value is -1.02. The molecule has 0 saturated carbocycles. The van der Waals surface area contributed by atoms with Crippen LogP contribution in [0.25, 0.3) is 0 Å². The van der Waals surface area contributed by atoms with E-state index in [9.17, 15) is 4.79 Å². The maximum Gasteiger partial charge on any atom is 0.220 e. The van der Waals surface area contributed by atoms with E-state index < -0.39 is 0 Å². The summed E-state index contributed by atoms with van der Waals surface area (Å²) in [4.78, 5) is 11.6. The first-order valence-electron chi connectivity index (χ1n) is 6.09. The topological polar surface area (TPSA) is 29.1 Å². The van der Waals surface area contributed by atoms with Gasteiger partial charge in [-0.3, -0.25) is 4.79 Å². The predicted molar refractivity (Wildman–Crippen MR) is 72.1 cm³/mol. The van der Waals surface area contributed by atoms with Gasteiger partial charge < -0.3 is 5.32 Å². The van der Waals surface area contributed by atoms with Gasteiger partial charge in [0, 0.05) is 13.0 Å². The molecule has 0 saturated heterocycles. The van der Waals surface area contributed by atoms with Crippen LogP contribution in [-0.2, 0) is 4.79 Å². The number of benzene rings is 1. The fourth-order valence-electron chi connectivity index (χ4n) is 1.52. The highest BCUT2D eigenvalue weighted by molar-refractivity contribution is 6.21. The zero-order valence-corrected chi connectivity index (χ0v) is 11.2. The summed E-state index contributed by atoms with van der Waals surface area (Å²) in [5.41, 5.74) is 1.04. The van der Waals surface area contributed by atoms with E-state index in [1.807, 2.05) is 30.3 Å². The fourth-order valence-corrected chi connectivity index (χ4v) is 1.74. The van der Waals surface area contributed by atoms with Crippen molar-refractivity contribution in [1.82, 2.24) is 5.32 Å². The van der Waals surface area contributed by atoms with Gasteiger partial charge in [-0.05, 0) is 11.5 Å². The molecule has 2 atom stereocenters. The van der Waals surface area contributed by atoms with Crippen molar-refractivity contribution < 1.29 is 4.79 Å². The van der Waals surface area contributed by atoms with Crippen molar-refractivity contribution in [3.63, 3.8) is 0 Å². The minimum absolute atomic E-state index is 0.0842. The average Bonchev–Trinajstić information content (AvgIpc) is 2.36. The second-order valence-corrected chi connectivity index (χ2v) is 4.93. The first-order chi connectivity index (χ1) is 8.13. The molecule has 0 aromatic heterocycles. The van der Waals surface area contributed by atoms with Gasteiger partial charge in [0.05, 0.1) is 5.38 Å². The predicted octanol–water partition coefficient (Wildman–Crippen LogP) is 3.52. The average molecular weight is 254 g/mol. The van der Waals surface area contributed by atoms with E-state index in [4.69, 9.17) is 11.6 Å². The second kappa shape index (κ2) is 7.33. The molecule has 94 valence electrons. The van der Waals surface area contributed by atoms with Crippen LogP contribution in [0.4, 0.5) is 0 Å². The molecule has 1 aromatic carbocycles. The highest BCUT2D eigenvalue weighted by Crippen LogP contribution is 2.18. The first kappa shape index (κ1) is 14.0. The Morgan fingerprint density at radius 1 is 1.35 bits per heavy atom. The summed E-state index contributed by atoms with van der Waals surface area (Å²) in [6.45, 7) is 4.65. The van der Waals surface area contributed by atoms with E-state index in [-0.39, 0.29) is 11.3 Å². The fraction of sp³-hybridized carbons (Fsp3) is 0.500. The third-order valence-electron chi connectivity index (χ3n) is 2.87. The molecule has 0 aliphatic rings. The number of alkyl halides is 1. The van der Waals surface area contributed by atoms with Gasteiger partial charge in [0.25, 0.3) is 0 Å². The number of hydrogen-bond donors (Lipinski definition) is 1. The molecule has 0 aliphatic heterocycles. The molecule has 17 heavy (non-hydrogen) atoms. The van der Waals surface area contributed by atoms with Crippen molar-refractivity contribution in [3.05, 3.63) is 35.9 Å². The SMILES string of the molecule is CCC(C)CC(=O)NCC(Cl)c1ccccc1. The standard InChI is InChI=1S/C14H20ClNO/c1-3-11(2)9-14(17)16-10-13(15)12-7-5-4-6-8-12/h4-8,11,13H,3,9-10H2,1-2H3,(H,16,17). The van der Waals surface area contributed by atoms with Gasteiger partial charge in [0.2, 0.25) is 5.91 Å². The van der Waals surface area contributed by atoms with Crippen LogP contribution in [0.3, 0.4) is 0 Å². The van der Waals surface area contributed by atoms with E-state index in [1.54, 1.807) is 0 Å². The summed E-state index contributed by atoms with van der Waals surface area (Å²) in [5.74, 6) is 0.515. The Kier molecular flexibility index (Phi) is 6.06. The van der Waals surface area contributed by atoms with Gasteiger partial charge in [-0.1, -0.05) is 50.6 Å². The molecule has 1 N–H and O–H groups in total. The van der Waals surface area contributed by atoms with Crippen LogP contribution in [0, 0.1) is 5.92 Å². The van der Waals surface area contributed by atoms with Crippen LogP contribution in [0.1, 0.15) is 37.6 Å². The Balaban J connectivity index is 2.33. The van der Waals surface area contributed by atoms with Gasteiger partial charge >= 0.3 is 0 Å². The van der Waals surface area contributed by atoms with Crippen LogP contribution >= 0.6 is 11.6 Å². The zero-order valence-electron chi connectivity index (χ0n) is 10.4. The molecular formula is C14H20ClNO. The van der Waals surface area contributed by atoms with E-state index in [0.29, 0.717) is 18.9 Å². The minimum Gasteiger partial charge on any atom is -0.354 e. The first-order valence-corrected chi connectivity index (χ1v) is 6.52. The third-order valence-corrected chi connectivity index (χ3v) is 3.28. The summed E-state index contributed by atoms with van der Waals surface area (Å²) < 4.78 is 0. The number of nitrogens with one attached hydrogen (secondary N) is 1. The summed E-state index contributed by atoms with van der Waals surface area (Å²) in [5, 5.41) is 2.72. The molecule has 1 amide bonds. The van der Waals surface area contributed by atoms with Crippen molar-refractivity contribution in [1.29, 1.82) is 0 Å². The maximum atomic E-state index is 11.6. The minimum atomic E-state index is -0.155. The van der Waals surface area contributed by atoms with Crippen LogP contribution < -0.4 is 5.32 Å². The molecule has 3 heteroatoms. The molecule has 0 radical (unpaired) electrons. The molecule has 2 nitrogen and oxygen atoms in total. The van der Waals surface area contributed by atoms with E-state index >= 15 is 0 Å². The normalized spacial score (nSPS) is 14.1.